The van der Waals surface area contributed by atoms with Gasteiger partial charge in [0.05, 0.1) is 35.8 Å². The third-order valence-corrected chi connectivity index (χ3v) is 5.73. The molecule has 5 rings (SSSR count). The number of fused-ring (bicyclic) bond motifs is 2. The van der Waals surface area contributed by atoms with Crippen LogP contribution in [0.1, 0.15) is 26.3 Å². The van der Waals surface area contributed by atoms with Gasteiger partial charge in [0.25, 0.3) is 0 Å². The standard InChI is InChI=1S/C25H22N4O6/c1-28(2)9-10-34-25-26-11-15(12-27-25)29-13-14-5-3-4-6-18(14)35-24-21(29)22(32)19-16(30)7-8-17(31)20(19)23(24)33/h3-8,11-12,30-31H,9-10,13H2,1-2H3. The minimum Gasteiger partial charge on any atom is -0.507 e. The van der Waals surface area contributed by atoms with E-state index < -0.39 is 23.1 Å². The molecule has 3 aromatic rings. The van der Waals surface area contributed by atoms with Gasteiger partial charge < -0.3 is 29.5 Å². The average molecular weight is 474 g/mol. The number of likely N-dealkylation sites (N-methyl/N-ethyl adjacent to an activating group) is 1. The number of ether oxygens (including phenoxy) is 2. The Kier molecular flexibility index (Phi) is 5.58. The number of allylic oxidation sites excluding steroid dienone is 2. The Morgan fingerprint density at radius 2 is 1.66 bits per heavy atom. The summed E-state index contributed by atoms with van der Waals surface area (Å²) < 4.78 is 11.5. The number of para-hydroxylation sites is 1. The number of carbonyl (C=O) groups excluding carboxylic acids is 2. The van der Waals surface area contributed by atoms with Crippen molar-refractivity contribution in [1.29, 1.82) is 0 Å². The van der Waals surface area contributed by atoms with E-state index in [-0.39, 0.29) is 35.1 Å². The van der Waals surface area contributed by atoms with E-state index in [9.17, 15) is 19.8 Å². The predicted molar refractivity (Wildman–Crippen MR) is 125 cm³/mol. The zero-order valence-electron chi connectivity index (χ0n) is 19.1. The third kappa shape index (κ3) is 3.93. The van der Waals surface area contributed by atoms with E-state index in [1.54, 1.807) is 17.0 Å². The van der Waals surface area contributed by atoms with E-state index >= 15 is 0 Å². The molecule has 0 saturated heterocycles. The number of Topliss-reactive ketones (excluding diaryl/α,β-unsaturated/α-hetero) is 2. The fraction of sp³-hybridized carbons (Fsp3) is 0.200. The summed E-state index contributed by atoms with van der Waals surface area (Å²) >= 11 is 0. The van der Waals surface area contributed by atoms with Crippen LogP contribution in [-0.4, -0.2) is 63.9 Å². The van der Waals surface area contributed by atoms with Crippen LogP contribution >= 0.6 is 0 Å². The summed E-state index contributed by atoms with van der Waals surface area (Å²) in [7, 11) is 3.85. The van der Waals surface area contributed by atoms with E-state index in [0.717, 1.165) is 6.07 Å². The summed E-state index contributed by atoms with van der Waals surface area (Å²) in [5.74, 6) is -2.06. The molecule has 0 amide bonds. The Morgan fingerprint density at radius 3 is 2.34 bits per heavy atom. The van der Waals surface area contributed by atoms with Gasteiger partial charge in [-0.25, -0.2) is 9.97 Å². The molecule has 0 radical (unpaired) electrons. The van der Waals surface area contributed by atoms with Gasteiger partial charge in [-0.1, -0.05) is 18.2 Å². The number of anilines is 1. The van der Waals surface area contributed by atoms with Gasteiger partial charge in [-0.15, -0.1) is 0 Å². The molecule has 1 aliphatic heterocycles. The monoisotopic (exact) mass is 474 g/mol. The number of phenolic OH excluding ortho intramolecular Hbond substituents is 2. The molecule has 10 heteroatoms. The van der Waals surface area contributed by atoms with Gasteiger partial charge in [0, 0.05) is 12.1 Å². The van der Waals surface area contributed by atoms with Gasteiger partial charge >= 0.3 is 6.01 Å². The lowest BCUT2D eigenvalue weighted by atomic mass is 9.89. The maximum atomic E-state index is 13.7. The highest BCUT2D eigenvalue weighted by Gasteiger charge is 2.42. The molecule has 0 atom stereocenters. The molecule has 0 bridgehead atoms. The van der Waals surface area contributed by atoms with Crippen molar-refractivity contribution >= 4 is 17.3 Å². The normalized spacial score (nSPS) is 14.8. The Hall–Kier alpha value is -4.44. The van der Waals surface area contributed by atoms with Gasteiger partial charge in [0.15, 0.2) is 0 Å². The van der Waals surface area contributed by atoms with Crippen LogP contribution < -0.4 is 14.4 Å². The molecule has 0 fully saturated rings. The van der Waals surface area contributed by atoms with Crippen LogP contribution in [0.15, 0.2) is 60.2 Å². The average Bonchev–Trinajstić information content (AvgIpc) is 3.02. The molecule has 2 aromatic carbocycles. The highest BCUT2D eigenvalue weighted by Crippen LogP contribution is 2.42. The number of carbonyl (C=O) groups is 2. The van der Waals surface area contributed by atoms with Crippen molar-refractivity contribution in [3.05, 3.63) is 76.9 Å². The summed E-state index contributed by atoms with van der Waals surface area (Å²) in [6, 6.07) is 9.59. The van der Waals surface area contributed by atoms with Crippen molar-refractivity contribution in [2.45, 2.75) is 6.54 Å². The van der Waals surface area contributed by atoms with Crippen LogP contribution in [-0.2, 0) is 6.54 Å². The Labute approximate surface area is 200 Å². The Morgan fingerprint density at radius 1 is 1.00 bits per heavy atom. The van der Waals surface area contributed by atoms with Crippen molar-refractivity contribution < 1.29 is 29.3 Å². The molecule has 1 aromatic heterocycles. The first-order chi connectivity index (χ1) is 16.8. The molecular weight excluding hydrogens is 452 g/mol. The van der Waals surface area contributed by atoms with E-state index in [1.807, 2.05) is 31.1 Å². The number of rotatable bonds is 5. The molecule has 0 unspecified atom stereocenters. The summed E-state index contributed by atoms with van der Waals surface area (Å²) in [5, 5.41) is 20.7. The largest absolute Gasteiger partial charge is 0.507 e. The first-order valence-electron chi connectivity index (χ1n) is 10.9. The van der Waals surface area contributed by atoms with Crippen LogP contribution in [0.25, 0.3) is 0 Å². The third-order valence-electron chi connectivity index (χ3n) is 5.73. The lowest BCUT2D eigenvalue weighted by Gasteiger charge is -2.28. The smallest absolute Gasteiger partial charge is 0.316 e. The van der Waals surface area contributed by atoms with Gasteiger partial charge in [-0.05, 0) is 32.3 Å². The number of phenols is 2. The molecule has 2 aliphatic rings. The van der Waals surface area contributed by atoms with Crippen LogP contribution in [0.3, 0.4) is 0 Å². The maximum Gasteiger partial charge on any atom is 0.316 e. The van der Waals surface area contributed by atoms with Crippen molar-refractivity contribution in [3.63, 3.8) is 0 Å². The molecule has 0 saturated carbocycles. The van der Waals surface area contributed by atoms with E-state index in [2.05, 4.69) is 9.97 Å². The fourth-order valence-electron chi connectivity index (χ4n) is 3.98. The number of aromatic nitrogens is 2. The van der Waals surface area contributed by atoms with Crippen molar-refractivity contribution in [2.75, 3.05) is 32.1 Å². The van der Waals surface area contributed by atoms with Crippen molar-refractivity contribution in [3.8, 4) is 23.3 Å². The second-order valence-corrected chi connectivity index (χ2v) is 8.36. The number of hydrogen-bond donors (Lipinski definition) is 2. The van der Waals surface area contributed by atoms with Gasteiger partial charge in [0.2, 0.25) is 17.3 Å². The highest BCUT2D eigenvalue weighted by atomic mass is 16.5. The maximum absolute atomic E-state index is 13.7. The number of ketones is 2. The molecule has 178 valence electrons. The quantitative estimate of drug-likeness (QED) is 0.533. The first-order valence-corrected chi connectivity index (χ1v) is 10.9. The molecule has 2 heterocycles. The minimum absolute atomic E-state index is 0.0792. The summed E-state index contributed by atoms with van der Waals surface area (Å²) in [6.07, 6.45) is 2.98. The minimum atomic E-state index is -0.714. The van der Waals surface area contributed by atoms with E-state index in [0.29, 0.717) is 30.2 Å². The molecule has 0 spiro atoms. The van der Waals surface area contributed by atoms with Crippen molar-refractivity contribution in [1.82, 2.24) is 14.9 Å². The molecule has 35 heavy (non-hydrogen) atoms. The lowest BCUT2D eigenvalue weighted by Crippen LogP contribution is -2.34. The Bertz CT molecular complexity index is 1370. The van der Waals surface area contributed by atoms with Crippen LogP contribution in [0.4, 0.5) is 5.69 Å². The molecular formula is C25H22N4O6. The fourth-order valence-corrected chi connectivity index (χ4v) is 3.98. The summed E-state index contributed by atoms with van der Waals surface area (Å²) in [5.41, 5.74) is 0.477. The molecule has 1 aliphatic carbocycles. The van der Waals surface area contributed by atoms with Crippen LogP contribution in [0.5, 0.6) is 23.3 Å². The zero-order valence-corrected chi connectivity index (χ0v) is 19.1. The van der Waals surface area contributed by atoms with E-state index in [4.69, 9.17) is 9.47 Å². The first kappa shape index (κ1) is 22.4. The van der Waals surface area contributed by atoms with Crippen LogP contribution in [0, 0.1) is 0 Å². The second-order valence-electron chi connectivity index (χ2n) is 8.36. The molecule has 2 N–H and O–H groups in total. The number of aromatic hydroxyl groups is 2. The Balaban J connectivity index is 1.60. The van der Waals surface area contributed by atoms with E-state index in [1.165, 1.54) is 18.5 Å². The number of nitrogens with zero attached hydrogens (tertiary/aromatic N) is 4. The summed E-state index contributed by atoms with van der Waals surface area (Å²) in [6.45, 7) is 1.26. The topological polar surface area (TPSA) is 125 Å². The summed E-state index contributed by atoms with van der Waals surface area (Å²) in [4.78, 5) is 39.1. The lowest BCUT2D eigenvalue weighted by molar-refractivity contribution is 0.0931. The zero-order chi connectivity index (χ0) is 24.7. The second kappa shape index (κ2) is 8.73. The SMILES string of the molecule is CN(C)CCOc1ncc(N2Cc3ccccc3OC3=C2C(=O)c2c(O)ccc(O)c2C3=O)cn1. The predicted octanol–water partition coefficient (Wildman–Crippen LogP) is 2.52. The molecule has 10 nitrogen and oxygen atoms in total. The van der Waals surface area contributed by atoms with Gasteiger partial charge in [-0.3, -0.25) is 9.59 Å². The van der Waals surface area contributed by atoms with Crippen LogP contribution in [0.2, 0.25) is 0 Å². The van der Waals surface area contributed by atoms with Crippen molar-refractivity contribution in [2.24, 2.45) is 0 Å². The highest BCUT2D eigenvalue weighted by molar-refractivity contribution is 6.29. The van der Waals surface area contributed by atoms with Gasteiger partial charge in [-0.2, -0.15) is 0 Å². The van der Waals surface area contributed by atoms with Gasteiger partial charge in [0.1, 0.15) is 29.6 Å². The number of hydrogen-bond acceptors (Lipinski definition) is 10. The number of benzene rings is 2.